The predicted molar refractivity (Wildman–Crippen MR) is 126 cm³/mol. The molecule has 1 N–H and O–H groups in total. The average Bonchev–Trinajstić information content (AvgIpc) is 3.30. The molecule has 3 heterocycles. The zero-order chi connectivity index (χ0) is 23.0. The molecule has 0 radical (unpaired) electrons. The maximum atomic E-state index is 12.6. The molecule has 2 aromatic heterocycles. The molecule has 0 saturated carbocycles. The number of rotatable bonds is 6. The summed E-state index contributed by atoms with van der Waals surface area (Å²) in [5.74, 6) is 2.16. The Hall–Kier alpha value is -2.80. The molecular formula is C24H29ClN4O3. The van der Waals surface area contributed by atoms with Crippen molar-refractivity contribution in [1.82, 2.24) is 14.8 Å². The quantitative estimate of drug-likeness (QED) is 0.499. The van der Waals surface area contributed by atoms with Gasteiger partial charge in [0.15, 0.2) is 23.0 Å². The molecule has 32 heavy (non-hydrogen) atoms. The Morgan fingerprint density at radius 2 is 2.00 bits per heavy atom. The van der Waals surface area contributed by atoms with Crippen LogP contribution in [0.15, 0.2) is 24.4 Å². The molecule has 3 aromatic rings. The number of hydrogen-bond acceptors (Lipinski definition) is 5. The van der Waals surface area contributed by atoms with Crippen molar-refractivity contribution in [2.45, 2.75) is 54.0 Å². The number of ether oxygens (including phenoxy) is 2. The molecule has 1 amide bonds. The van der Waals surface area contributed by atoms with Gasteiger partial charge in [0.25, 0.3) is 0 Å². The van der Waals surface area contributed by atoms with Gasteiger partial charge in [-0.05, 0) is 41.5 Å². The van der Waals surface area contributed by atoms with Crippen molar-refractivity contribution in [3.63, 3.8) is 0 Å². The summed E-state index contributed by atoms with van der Waals surface area (Å²) in [7, 11) is 0. The van der Waals surface area contributed by atoms with Crippen molar-refractivity contribution < 1.29 is 14.3 Å². The largest absolute Gasteiger partial charge is 0.454 e. The van der Waals surface area contributed by atoms with E-state index >= 15 is 0 Å². The van der Waals surface area contributed by atoms with Crippen molar-refractivity contribution in [2.75, 3.05) is 12.1 Å². The topological polar surface area (TPSA) is 78.3 Å². The Kier molecular flexibility index (Phi) is 6.03. The van der Waals surface area contributed by atoms with E-state index < -0.39 is 0 Å². The molecule has 4 rings (SSSR count). The fourth-order valence-electron chi connectivity index (χ4n) is 3.64. The molecule has 0 unspecified atom stereocenters. The van der Waals surface area contributed by atoms with Gasteiger partial charge in [-0.2, -0.15) is 5.10 Å². The Morgan fingerprint density at radius 1 is 1.22 bits per heavy atom. The Balaban J connectivity index is 1.74. The molecule has 0 bridgehead atoms. The highest BCUT2D eigenvalue weighted by atomic mass is 35.5. The maximum Gasteiger partial charge on any atom is 0.231 e. The molecule has 0 spiro atoms. The molecule has 1 aliphatic rings. The van der Waals surface area contributed by atoms with E-state index in [-0.39, 0.29) is 18.1 Å². The molecule has 1 aromatic carbocycles. The first-order valence-corrected chi connectivity index (χ1v) is 11.2. The Morgan fingerprint density at radius 3 is 2.72 bits per heavy atom. The van der Waals surface area contributed by atoms with Gasteiger partial charge in [0.1, 0.15) is 0 Å². The zero-order valence-corrected chi connectivity index (χ0v) is 19.9. The highest BCUT2D eigenvalue weighted by Gasteiger charge is 2.22. The third-order valence-electron chi connectivity index (χ3n) is 5.21. The third kappa shape index (κ3) is 4.83. The monoisotopic (exact) mass is 456 g/mol. The van der Waals surface area contributed by atoms with Gasteiger partial charge in [-0.3, -0.25) is 4.79 Å². The minimum atomic E-state index is -0.118. The number of carbonyl (C=O) groups excluding carboxylic acids is 1. The zero-order valence-electron chi connectivity index (χ0n) is 19.2. The van der Waals surface area contributed by atoms with Gasteiger partial charge in [0.05, 0.1) is 10.4 Å². The van der Waals surface area contributed by atoms with Crippen LogP contribution in [0.4, 0.5) is 5.82 Å². The van der Waals surface area contributed by atoms with Crippen LogP contribution in [-0.2, 0) is 11.3 Å². The smallest absolute Gasteiger partial charge is 0.231 e. The number of amides is 1. The Bertz CT molecular complexity index is 1160. The van der Waals surface area contributed by atoms with Gasteiger partial charge in [0.2, 0.25) is 12.7 Å². The summed E-state index contributed by atoms with van der Waals surface area (Å²) in [6.07, 6.45) is 3.16. The second kappa shape index (κ2) is 8.62. The number of aromatic nitrogens is 3. The first kappa shape index (κ1) is 22.4. The number of anilines is 1. The van der Waals surface area contributed by atoms with Crippen LogP contribution in [0, 0.1) is 11.3 Å². The number of fused-ring (bicyclic) bond motifs is 2. The number of benzene rings is 1. The van der Waals surface area contributed by atoms with E-state index in [9.17, 15) is 4.79 Å². The Labute approximate surface area is 193 Å². The van der Waals surface area contributed by atoms with Gasteiger partial charge < -0.3 is 14.8 Å². The highest BCUT2D eigenvalue weighted by Crippen LogP contribution is 2.42. The van der Waals surface area contributed by atoms with E-state index in [1.165, 1.54) is 0 Å². The molecule has 1 aliphatic heterocycles. The fraction of sp³-hybridized carbons (Fsp3) is 0.458. The summed E-state index contributed by atoms with van der Waals surface area (Å²) in [4.78, 5) is 17.3. The maximum absolute atomic E-state index is 12.6. The van der Waals surface area contributed by atoms with Gasteiger partial charge >= 0.3 is 0 Å². The minimum absolute atomic E-state index is 0.0653. The normalized spacial score (nSPS) is 13.2. The lowest BCUT2D eigenvalue weighted by molar-refractivity contribution is -0.117. The van der Waals surface area contributed by atoms with Crippen LogP contribution in [0.5, 0.6) is 11.5 Å². The lowest BCUT2D eigenvalue weighted by atomic mass is 9.92. The van der Waals surface area contributed by atoms with E-state index in [0.29, 0.717) is 34.7 Å². The molecule has 7 nitrogen and oxygen atoms in total. The molecule has 8 heteroatoms. The number of pyridine rings is 1. The summed E-state index contributed by atoms with van der Waals surface area (Å²) in [5.41, 5.74) is 2.34. The summed E-state index contributed by atoms with van der Waals surface area (Å²) >= 11 is 6.38. The van der Waals surface area contributed by atoms with Crippen molar-refractivity contribution in [3.05, 3.63) is 29.4 Å². The first-order chi connectivity index (χ1) is 15.1. The molecule has 0 saturated heterocycles. The van der Waals surface area contributed by atoms with Gasteiger partial charge in [-0.15, -0.1) is 0 Å². The van der Waals surface area contributed by atoms with Crippen molar-refractivity contribution >= 4 is 34.4 Å². The number of hydrogen-bond donors (Lipinski definition) is 1. The number of nitrogens with zero attached hydrogens (tertiary/aromatic N) is 3. The van der Waals surface area contributed by atoms with E-state index in [0.717, 1.165) is 35.1 Å². The van der Waals surface area contributed by atoms with E-state index in [1.807, 2.05) is 43.7 Å². The summed E-state index contributed by atoms with van der Waals surface area (Å²) < 4.78 is 12.8. The standard InChI is InChI=1S/C24H29ClN4O3/c1-14(2)6-7-29-23-17(22(28-29)27-20(30)11-24(3,4)5)8-16(12-26-23)15-9-18(25)21-19(10-15)31-13-32-21/h8-10,12,14H,6-7,11,13H2,1-5H3,(H,27,28,30). The third-order valence-corrected chi connectivity index (χ3v) is 5.50. The SMILES string of the molecule is CC(C)CCn1nc(NC(=O)CC(C)(C)C)c2cc(-c3cc(Cl)c4c(c3)OCO4)cnc21. The van der Waals surface area contributed by atoms with Gasteiger partial charge in [-0.1, -0.05) is 46.2 Å². The molecule has 170 valence electrons. The van der Waals surface area contributed by atoms with E-state index in [1.54, 1.807) is 6.20 Å². The molecular weight excluding hydrogens is 428 g/mol. The van der Waals surface area contributed by atoms with Crippen molar-refractivity contribution in [1.29, 1.82) is 0 Å². The van der Waals surface area contributed by atoms with Crippen LogP contribution < -0.4 is 14.8 Å². The molecule has 0 aliphatic carbocycles. The van der Waals surface area contributed by atoms with Crippen LogP contribution >= 0.6 is 11.6 Å². The lowest BCUT2D eigenvalue weighted by Gasteiger charge is -2.16. The number of carbonyl (C=O) groups is 1. The summed E-state index contributed by atoms with van der Waals surface area (Å²) in [6, 6.07) is 5.71. The van der Waals surface area contributed by atoms with Gasteiger partial charge in [-0.25, -0.2) is 9.67 Å². The minimum Gasteiger partial charge on any atom is -0.454 e. The summed E-state index contributed by atoms with van der Waals surface area (Å²) in [6.45, 7) is 11.3. The van der Waals surface area contributed by atoms with E-state index in [2.05, 4.69) is 19.2 Å². The van der Waals surface area contributed by atoms with Crippen LogP contribution in [0.25, 0.3) is 22.2 Å². The second-order valence-corrected chi connectivity index (χ2v) is 10.2. The van der Waals surface area contributed by atoms with Crippen molar-refractivity contribution in [3.8, 4) is 22.6 Å². The van der Waals surface area contributed by atoms with Crippen LogP contribution in [-0.4, -0.2) is 27.5 Å². The van der Waals surface area contributed by atoms with Crippen LogP contribution in [0.1, 0.15) is 47.5 Å². The number of nitrogens with one attached hydrogen (secondary N) is 1. The average molecular weight is 457 g/mol. The number of aryl methyl sites for hydroxylation is 1. The lowest BCUT2D eigenvalue weighted by Crippen LogP contribution is -2.20. The van der Waals surface area contributed by atoms with Crippen molar-refractivity contribution in [2.24, 2.45) is 11.3 Å². The van der Waals surface area contributed by atoms with E-state index in [4.69, 9.17) is 31.2 Å². The molecule has 0 atom stereocenters. The fourth-order valence-corrected chi connectivity index (χ4v) is 3.90. The highest BCUT2D eigenvalue weighted by molar-refractivity contribution is 6.32. The van der Waals surface area contributed by atoms with Crippen LogP contribution in [0.3, 0.4) is 0 Å². The molecule has 0 fully saturated rings. The summed E-state index contributed by atoms with van der Waals surface area (Å²) in [5, 5.41) is 8.97. The first-order valence-electron chi connectivity index (χ1n) is 10.9. The number of halogens is 1. The second-order valence-electron chi connectivity index (χ2n) is 9.83. The predicted octanol–water partition coefficient (Wildman–Crippen LogP) is 5.90. The van der Waals surface area contributed by atoms with Gasteiger partial charge in [0, 0.05) is 24.7 Å². The van der Waals surface area contributed by atoms with Crippen LogP contribution in [0.2, 0.25) is 5.02 Å².